The molecule has 2 fully saturated rings. The number of carbonyl (C=O) groups is 1. The van der Waals surface area contributed by atoms with Gasteiger partial charge < -0.3 is 19.8 Å². The fourth-order valence-corrected chi connectivity index (χ4v) is 3.07. The number of aliphatic hydroxyl groups is 1. The van der Waals surface area contributed by atoms with Gasteiger partial charge in [-0.1, -0.05) is 0 Å². The fraction of sp³-hybridized carbons (Fsp3) is 0.933. The quantitative estimate of drug-likeness (QED) is 0.663. The van der Waals surface area contributed by atoms with Crippen molar-refractivity contribution in [2.75, 3.05) is 73.0 Å². The van der Waals surface area contributed by atoms with E-state index in [4.69, 9.17) is 0 Å². The predicted molar refractivity (Wildman–Crippen MR) is 83.3 cm³/mol. The van der Waals surface area contributed by atoms with Crippen LogP contribution < -0.4 is 0 Å². The van der Waals surface area contributed by atoms with Crippen LogP contribution in [0, 0.1) is 0 Å². The van der Waals surface area contributed by atoms with Gasteiger partial charge in [0.25, 0.3) is 0 Å². The van der Waals surface area contributed by atoms with E-state index >= 15 is 0 Å². The van der Waals surface area contributed by atoms with Crippen LogP contribution >= 0.6 is 0 Å². The Bertz CT molecular complexity index is 332. The molecule has 0 bridgehead atoms. The zero-order valence-electron chi connectivity index (χ0n) is 13.5. The Kier molecular flexibility index (Phi) is 6.41. The number of aliphatic hydroxyl groups excluding tert-OH is 1. The summed E-state index contributed by atoms with van der Waals surface area (Å²) in [4.78, 5) is 20.3. The number of amides is 1. The number of nitrogens with zero attached hydrogens (tertiary/aromatic N) is 4. The molecule has 1 unspecified atom stereocenters. The number of β-amino-alcohol motifs (C(OH)–C–C–N with tert-alkyl or cyclic N) is 1. The van der Waals surface area contributed by atoms with Gasteiger partial charge in [-0.25, -0.2) is 0 Å². The summed E-state index contributed by atoms with van der Waals surface area (Å²) in [6.07, 6.45) is 1.39. The van der Waals surface area contributed by atoms with E-state index in [1.807, 2.05) is 11.9 Å². The highest BCUT2D eigenvalue weighted by Gasteiger charge is 2.21. The van der Waals surface area contributed by atoms with Crippen LogP contribution in [-0.2, 0) is 4.79 Å². The fourth-order valence-electron chi connectivity index (χ4n) is 3.07. The molecule has 1 N–H and O–H groups in total. The first-order chi connectivity index (χ1) is 10.0. The van der Waals surface area contributed by atoms with Gasteiger partial charge in [-0.05, 0) is 20.5 Å². The van der Waals surface area contributed by atoms with Gasteiger partial charge in [0, 0.05) is 65.3 Å². The Morgan fingerprint density at radius 2 is 1.95 bits per heavy atom. The lowest BCUT2D eigenvalue weighted by atomic mass is 10.2. The van der Waals surface area contributed by atoms with Gasteiger partial charge >= 0.3 is 0 Å². The van der Waals surface area contributed by atoms with Crippen molar-refractivity contribution in [3.63, 3.8) is 0 Å². The third-order valence-corrected chi connectivity index (χ3v) is 4.51. The monoisotopic (exact) mass is 298 g/mol. The molecule has 6 heteroatoms. The third-order valence-electron chi connectivity index (χ3n) is 4.51. The van der Waals surface area contributed by atoms with Crippen LogP contribution in [0.5, 0.6) is 0 Å². The lowest BCUT2D eigenvalue weighted by molar-refractivity contribution is -0.127. The molecule has 0 aliphatic carbocycles. The summed E-state index contributed by atoms with van der Waals surface area (Å²) in [6.45, 7) is 8.20. The Labute approximate surface area is 128 Å². The van der Waals surface area contributed by atoms with Gasteiger partial charge in [0.1, 0.15) is 0 Å². The summed E-state index contributed by atoms with van der Waals surface area (Å²) in [5.41, 5.74) is 0. The van der Waals surface area contributed by atoms with E-state index in [9.17, 15) is 9.90 Å². The van der Waals surface area contributed by atoms with Crippen LogP contribution in [0.4, 0.5) is 0 Å². The first-order valence-electron chi connectivity index (χ1n) is 8.10. The lowest BCUT2D eigenvalue weighted by Crippen LogP contribution is -2.48. The van der Waals surface area contributed by atoms with Gasteiger partial charge in [-0.2, -0.15) is 0 Å². The molecule has 0 saturated carbocycles. The minimum absolute atomic E-state index is 0.279. The molecular formula is C15H30N4O2. The highest BCUT2D eigenvalue weighted by molar-refractivity contribution is 5.78. The van der Waals surface area contributed by atoms with E-state index < -0.39 is 0 Å². The molecular weight excluding hydrogens is 268 g/mol. The van der Waals surface area contributed by atoms with Crippen LogP contribution in [0.25, 0.3) is 0 Å². The molecule has 2 aliphatic rings. The average Bonchev–Trinajstić information content (AvgIpc) is 2.84. The topological polar surface area (TPSA) is 50.3 Å². The molecule has 122 valence electrons. The van der Waals surface area contributed by atoms with Crippen LogP contribution in [0.2, 0.25) is 0 Å². The largest absolute Gasteiger partial charge is 0.390 e. The maximum absolute atomic E-state index is 11.5. The predicted octanol–water partition coefficient (Wildman–Crippen LogP) is -0.851. The minimum atomic E-state index is -0.312. The number of carbonyl (C=O) groups excluding carboxylic acids is 1. The minimum Gasteiger partial charge on any atom is -0.390 e. The third kappa shape index (κ3) is 5.54. The first-order valence-corrected chi connectivity index (χ1v) is 8.10. The molecule has 0 aromatic heterocycles. The van der Waals surface area contributed by atoms with Crippen molar-refractivity contribution >= 4 is 5.91 Å². The summed E-state index contributed by atoms with van der Waals surface area (Å²) in [6, 6.07) is 0. The van der Waals surface area contributed by atoms with Gasteiger partial charge in [0.15, 0.2) is 0 Å². The van der Waals surface area contributed by atoms with E-state index in [1.54, 1.807) is 0 Å². The van der Waals surface area contributed by atoms with Crippen molar-refractivity contribution in [2.24, 2.45) is 0 Å². The maximum atomic E-state index is 11.5. The molecule has 21 heavy (non-hydrogen) atoms. The Morgan fingerprint density at radius 3 is 2.57 bits per heavy atom. The number of hydrogen-bond donors (Lipinski definition) is 1. The summed E-state index contributed by atoms with van der Waals surface area (Å²) < 4.78 is 0. The van der Waals surface area contributed by atoms with Gasteiger partial charge in [-0.3, -0.25) is 9.69 Å². The van der Waals surface area contributed by atoms with Gasteiger partial charge in [0.05, 0.1) is 6.10 Å². The number of hydrogen-bond acceptors (Lipinski definition) is 5. The van der Waals surface area contributed by atoms with E-state index in [0.717, 1.165) is 58.8 Å². The Balaban J connectivity index is 1.60. The Hall–Kier alpha value is -0.690. The normalized spacial score (nSPS) is 23.2. The van der Waals surface area contributed by atoms with E-state index in [1.165, 1.54) is 0 Å². The van der Waals surface area contributed by atoms with Crippen molar-refractivity contribution in [1.29, 1.82) is 0 Å². The van der Waals surface area contributed by atoms with Crippen molar-refractivity contribution < 1.29 is 9.90 Å². The maximum Gasteiger partial charge on any atom is 0.222 e. The molecule has 6 nitrogen and oxygen atoms in total. The number of piperazine rings is 1. The average molecular weight is 298 g/mol. The molecule has 0 radical (unpaired) electrons. The standard InChI is InChI=1S/C15H30N4O2/c1-16-6-9-18(10-7-16)13-14(20)12-17(2)8-11-19-5-3-4-15(19)21/h14,20H,3-13H2,1-2H3. The smallest absolute Gasteiger partial charge is 0.222 e. The second-order valence-corrected chi connectivity index (χ2v) is 6.50. The lowest BCUT2D eigenvalue weighted by Gasteiger charge is -2.34. The summed E-state index contributed by atoms with van der Waals surface area (Å²) >= 11 is 0. The second kappa shape index (κ2) is 8.08. The van der Waals surface area contributed by atoms with E-state index in [-0.39, 0.29) is 12.0 Å². The second-order valence-electron chi connectivity index (χ2n) is 6.50. The SMILES string of the molecule is CN1CCN(CC(O)CN(C)CCN2CCCC2=O)CC1. The number of likely N-dealkylation sites (N-methyl/N-ethyl adjacent to an activating group) is 2. The van der Waals surface area contributed by atoms with Gasteiger partial charge in [0.2, 0.25) is 5.91 Å². The number of rotatable bonds is 7. The zero-order valence-corrected chi connectivity index (χ0v) is 13.5. The molecule has 0 aromatic rings. The van der Waals surface area contributed by atoms with Crippen LogP contribution in [-0.4, -0.2) is 110 Å². The summed E-state index contributed by atoms with van der Waals surface area (Å²) in [5.74, 6) is 0.279. The first kappa shape index (κ1) is 16.7. The van der Waals surface area contributed by atoms with E-state index in [2.05, 4.69) is 21.7 Å². The summed E-state index contributed by atoms with van der Waals surface area (Å²) in [7, 11) is 4.16. The number of likely N-dealkylation sites (tertiary alicyclic amines) is 1. The highest BCUT2D eigenvalue weighted by atomic mass is 16.3. The van der Waals surface area contributed by atoms with Gasteiger partial charge in [-0.15, -0.1) is 0 Å². The molecule has 0 spiro atoms. The molecule has 0 aromatic carbocycles. The van der Waals surface area contributed by atoms with Crippen molar-refractivity contribution in [1.82, 2.24) is 19.6 Å². The van der Waals surface area contributed by atoms with Crippen molar-refractivity contribution in [3.05, 3.63) is 0 Å². The molecule has 2 aliphatic heterocycles. The zero-order chi connectivity index (χ0) is 15.2. The van der Waals surface area contributed by atoms with Crippen molar-refractivity contribution in [2.45, 2.75) is 18.9 Å². The Morgan fingerprint density at radius 1 is 1.24 bits per heavy atom. The molecule has 2 saturated heterocycles. The molecule has 1 atom stereocenters. The summed E-state index contributed by atoms with van der Waals surface area (Å²) in [5, 5.41) is 10.2. The molecule has 2 rings (SSSR count). The molecule has 1 amide bonds. The molecule has 2 heterocycles. The van der Waals surface area contributed by atoms with Crippen LogP contribution in [0.3, 0.4) is 0 Å². The van der Waals surface area contributed by atoms with E-state index in [0.29, 0.717) is 13.0 Å². The van der Waals surface area contributed by atoms with Crippen LogP contribution in [0.15, 0.2) is 0 Å². The highest BCUT2D eigenvalue weighted by Crippen LogP contribution is 2.09. The van der Waals surface area contributed by atoms with Crippen molar-refractivity contribution in [3.8, 4) is 0 Å². The van der Waals surface area contributed by atoms with Crippen LogP contribution in [0.1, 0.15) is 12.8 Å².